The first-order valence-electron chi connectivity index (χ1n) is 8.93. The molecule has 0 atom stereocenters. The molecule has 0 fully saturated rings. The van der Waals surface area contributed by atoms with Crippen LogP contribution in [-0.4, -0.2) is 0 Å². The van der Waals surface area contributed by atoms with Crippen LogP contribution < -0.4 is 5.43 Å². The SMILES string of the molecule is O=c1cc(-c2ccccc2)oc(-c2ccc(/C=C/c3ccccc3Cl)cc2)c1. The van der Waals surface area contributed by atoms with Crippen molar-refractivity contribution < 1.29 is 4.42 Å². The lowest BCUT2D eigenvalue weighted by molar-refractivity contribution is 0.580. The predicted molar refractivity (Wildman–Crippen MR) is 116 cm³/mol. The fourth-order valence-corrected chi connectivity index (χ4v) is 3.12. The first-order chi connectivity index (χ1) is 13.7. The van der Waals surface area contributed by atoms with Crippen molar-refractivity contribution in [1.82, 2.24) is 0 Å². The summed E-state index contributed by atoms with van der Waals surface area (Å²) < 4.78 is 5.98. The summed E-state index contributed by atoms with van der Waals surface area (Å²) in [4.78, 5) is 12.1. The molecule has 28 heavy (non-hydrogen) atoms. The fraction of sp³-hybridized carbons (Fsp3) is 0. The summed E-state index contributed by atoms with van der Waals surface area (Å²) in [6.07, 6.45) is 3.98. The first-order valence-corrected chi connectivity index (χ1v) is 9.30. The van der Waals surface area contributed by atoms with E-state index in [2.05, 4.69) is 0 Å². The van der Waals surface area contributed by atoms with E-state index in [1.807, 2.05) is 91.0 Å². The third-order valence-electron chi connectivity index (χ3n) is 4.38. The van der Waals surface area contributed by atoms with Gasteiger partial charge >= 0.3 is 0 Å². The van der Waals surface area contributed by atoms with Crippen molar-refractivity contribution >= 4 is 23.8 Å². The number of hydrogen-bond acceptors (Lipinski definition) is 2. The highest BCUT2D eigenvalue weighted by molar-refractivity contribution is 6.32. The van der Waals surface area contributed by atoms with Crippen molar-refractivity contribution in [1.29, 1.82) is 0 Å². The zero-order chi connectivity index (χ0) is 19.3. The van der Waals surface area contributed by atoms with Crippen molar-refractivity contribution in [2.45, 2.75) is 0 Å². The molecule has 0 spiro atoms. The highest BCUT2D eigenvalue weighted by Crippen LogP contribution is 2.25. The van der Waals surface area contributed by atoms with Crippen LogP contribution in [0, 0.1) is 0 Å². The van der Waals surface area contributed by atoms with Gasteiger partial charge in [0.05, 0.1) is 0 Å². The number of rotatable bonds is 4. The second-order valence-electron chi connectivity index (χ2n) is 6.36. The van der Waals surface area contributed by atoms with Crippen LogP contribution >= 0.6 is 11.6 Å². The second kappa shape index (κ2) is 8.12. The molecule has 0 N–H and O–H groups in total. The van der Waals surface area contributed by atoms with Crippen molar-refractivity contribution in [3.63, 3.8) is 0 Å². The molecule has 136 valence electrons. The molecule has 4 aromatic rings. The molecule has 3 heteroatoms. The Morgan fingerprint density at radius 3 is 1.96 bits per heavy atom. The molecule has 0 radical (unpaired) electrons. The molecule has 1 heterocycles. The molecule has 0 aliphatic rings. The second-order valence-corrected chi connectivity index (χ2v) is 6.77. The molecule has 2 nitrogen and oxygen atoms in total. The normalized spacial score (nSPS) is 11.0. The highest BCUT2D eigenvalue weighted by atomic mass is 35.5. The molecule has 0 saturated heterocycles. The average molecular weight is 385 g/mol. The summed E-state index contributed by atoms with van der Waals surface area (Å²) in [5.74, 6) is 1.11. The molecule has 0 aliphatic heterocycles. The molecule has 0 aliphatic carbocycles. The highest BCUT2D eigenvalue weighted by Gasteiger charge is 2.07. The zero-order valence-electron chi connectivity index (χ0n) is 15.0. The lowest BCUT2D eigenvalue weighted by Gasteiger charge is -2.05. The van der Waals surface area contributed by atoms with E-state index in [1.54, 1.807) is 0 Å². The summed E-state index contributed by atoms with van der Waals surface area (Å²) in [7, 11) is 0. The molecule has 4 rings (SSSR count). The van der Waals surface area contributed by atoms with Crippen molar-refractivity contribution in [3.8, 4) is 22.6 Å². The minimum absolute atomic E-state index is 0.0807. The lowest BCUT2D eigenvalue weighted by atomic mass is 10.1. The van der Waals surface area contributed by atoms with Crippen LogP contribution in [0.15, 0.2) is 100 Å². The maximum absolute atomic E-state index is 12.1. The molecule has 0 bridgehead atoms. The maximum atomic E-state index is 12.1. The topological polar surface area (TPSA) is 30.2 Å². The van der Waals surface area contributed by atoms with Gasteiger partial charge in [-0.05, 0) is 17.2 Å². The van der Waals surface area contributed by atoms with Crippen LogP contribution in [0.4, 0.5) is 0 Å². The van der Waals surface area contributed by atoms with E-state index in [1.165, 1.54) is 12.1 Å². The Labute approximate surface area is 168 Å². The summed E-state index contributed by atoms with van der Waals surface area (Å²) >= 11 is 6.18. The van der Waals surface area contributed by atoms with Crippen LogP contribution in [0.5, 0.6) is 0 Å². The molecular formula is C25H17ClO2. The fourth-order valence-electron chi connectivity index (χ4n) is 2.92. The monoisotopic (exact) mass is 384 g/mol. The molecule has 1 aromatic heterocycles. The Balaban J connectivity index is 1.62. The Morgan fingerprint density at radius 1 is 0.679 bits per heavy atom. The van der Waals surface area contributed by atoms with Crippen LogP contribution in [0.1, 0.15) is 11.1 Å². The average Bonchev–Trinajstić information content (AvgIpc) is 2.74. The van der Waals surface area contributed by atoms with Crippen molar-refractivity contribution in [2.24, 2.45) is 0 Å². The van der Waals surface area contributed by atoms with Gasteiger partial charge in [-0.25, -0.2) is 0 Å². The van der Waals surface area contributed by atoms with E-state index in [-0.39, 0.29) is 5.43 Å². The number of benzene rings is 3. The van der Waals surface area contributed by atoms with E-state index in [9.17, 15) is 4.79 Å². The largest absolute Gasteiger partial charge is 0.456 e. The van der Waals surface area contributed by atoms with Crippen LogP contribution in [-0.2, 0) is 0 Å². The van der Waals surface area contributed by atoms with E-state index in [0.717, 1.165) is 27.3 Å². The van der Waals surface area contributed by atoms with Gasteiger partial charge in [0, 0.05) is 28.3 Å². The Hall–Kier alpha value is -3.36. The summed E-state index contributed by atoms with van der Waals surface area (Å²) in [5, 5.41) is 0.717. The lowest BCUT2D eigenvalue weighted by Crippen LogP contribution is -1.98. The maximum Gasteiger partial charge on any atom is 0.186 e. The van der Waals surface area contributed by atoms with Gasteiger partial charge in [-0.1, -0.05) is 96.5 Å². The van der Waals surface area contributed by atoms with Gasteiger partial charge in [0.1, 0.15) is 11.5 Å². The third kappa shape index (κ3) is 4.13. The zero-order valence-corrected chi connectivity index (χ0v) is 15.8. The van der Waals surface area contributed by atoms with Gasteiger partial charge in [-0.15, -0.1) is 0 Å². The molecule has 0 saturated carbocycles. The van der Waals surface area contributed by atoms with Crippen LogP contribution in [0.2, 0.25) is 5.02 Å². The van der Waals surface area contributed by atoms with Gasteiger partial charge in [-0.2, -0.15) is 0 Å². The van der Waals surface area contributed by atoms with Crippen molar-refractivity contribution in [3.05, 3.63) is 117 Å². The standard InChI is InChI=1S/C25H17ClO2/c26-23-9-5-4-6-19(23)13-10-18-11-14-21(15-12-18)25-17-22(27)16-24(28-25)20-7-2-1-3-8-20/h1-17H/b13-10+. The predicted octanol–water partition coefficient (Wildman–Crippen LogP) is 6.80. The Morgan fingerprint density at radius 2 is 1.29 bits per heavy atom. The van der Waals surface area contributed by atoms with Gasteiger partial charge in [0.25, 0.3) is 0 Å². The van der Waals surface area contributed by atoms with Crippen molar-refractivity contribution in [2.75, 3.05) is 0 Å². The minimum atomic E-state index is -0.0807. The summed E-state index contributed by atoms with van der Waals surface area (Å²) in [5.41, 5.74) is 3.65. The molecule has 0 amide bonds. The van der Waals surface area contributed by atoms with Gasteiger partial charge in [-0.3, -0.25) is 4.79 Å². The van der Waals surface area contributed by atoms with Gasteiger partial charge in [0.2, 0.25) is 0 Å². The van der Waals surface area contributed by atoms with Gasteiger partial charge in [0.15, 0.2) is 5.43 Å². The molecule has 0 unspecified atom stereocenters. The number of hydrogen-bond donors (Lipinski definition) is 0. The van der Waals surface area contributed by atoms with Crippen LogP contribution in [0.3, 0.4) is 0 Å². The Kier molecular flexibility index (Phi) is 5.22. The molecule has 3 aromatic carbocycles. The smallest absolute Gasteiger partial charge is 0.186 e. The third-order valence-corrected chi connectivity index (χ3v) is 4.72. The van der Waals surface area contributed by atoms with E-state index in [4.69, 9.17) is 16.0 Å². The quantitative estimate of drug-likeness (QED) is 0.362. The summed E-state index contributed by atoms with van der Waals surface area (Å²) in [6.45, 7) is 0. The Bertz CT molecular complexity index is 1170. The number of halogens is 1. The summed E-state index contributed by atoms with van der Waals surface area (Å²) in [6, 6.07) is 28.2. The van der Waals surface area contributed by atoms with Gasteiger partial charge < -0.3 is 4.42 Å². The minimum Gasteiger partial charge on any atom is -0.456 e. The van der Waals surface area contributed by atoms with E-state index < -0.39 is 0 Å². The van der Waals surface area contributed by atoms with Crippen LogP contribution in [0.25, 0.3) is 34.8 Å². The first kappa shape index (κ1) is 18.0. The van der Waals surface area contributed by atoms with E-state index in [0.29, 0.717) is 11.5 Å². The molecular weight excluding hydrogens is 368 g/mol. The van der Waals surface area contributed by atoms with E-state index >= 15 is 0 Å².